The second-order valence-corrected chi connectivity index (χ2v) is 10.8. The van der Waals surface area contributed by atoms with Crippen molar-refractivity contribution in [3.63, 3.8) is 0 Å². The summed E-state index contributed by atoms with van der Waals surface area (Å²) in [7, 11) is 0. The van der Waals surface area contributed by atoms with Gasteiger partial charge in [0.05, 0.1) is 6.04 Å². The number of hydrogen-bond donors (Lipinski definition) is 1. The van der Waals surface area contributed by atoms with E-state index in [9.17, 15) is 9.18 Å². The topological polar surface area (TPSA) is 53.4 Å². The first-order chi connectivity index (χ1) is 18.5. The number of halogens is 3. The van der Waals surface area contributed by atoms with Crippen LogP contribution in [0, 0.1) is 11.6 Å². The molecule has 3 aromatic carbocycles. The number of fused-ring (bicyclic) bond motifs is 2. The fourth-order valence-corrected chi connectivity index (χ4v) is 5.49. The summed E-state index contributed by atoms with van der Waals surface area (Å²) in [6, 6.07) is 15.1. The maximum absolute atomic E-state index is 15.6. The Morgan fingerprint density at radius 1 is 1.05 bits per heavy atom. The molecule has 1 N–H and O–H groups in total. The molecule has 1 aliphatic rings. The van der Waals surface area contributed by atoms with Gasteiger partial charge in [-0.2, -0.15) is 0 Å². The summed E-state index contributed by atoms with van der Waals surface area (Å²) >= 11 is 0. The smallest absolute Gasteiger partial charge is 0.328 e. The highest BCUT2D eigenvalue weighted by Crippen LogP contribution is 2.42. The lowest BCUT2D eigenvalue weighted by molar-refractivity contribution is -0.131. The van der Waals surface area contributed by atoms with Gasteiger partial charge in [-0.3, -0.25) is 9.88 Å². The largest absolute Gasteiger partial charge is 0.478 e. The molecule has 0 radical (unpaired) electrons. The maximum atomic E-state index is 15.6. The summed E-state index contributed by atoms with van der Waals surface area (Å²) < 4.78 is 46.2. The first-order valence-electron chi connectivity index (χ1n) is 12.8. The van der Waals surface area contributed by atoms with Crippen molar-refractivity contribution < 1.29 is 23.1 Å². The second-order valence-electron chi connectivity index (χ2n) is 10.8. The van der Waals surface area contributed by atoms with Crippen LogP contribution in [-0.2, 0) is 11.2 Å². The minimum Gasteiger partial charge on any atom is -0.478 e. The molecule has 4 aromatic rings. The van der Waals surface area contributed by atoms with Gasteiger partial charge in [0.25, 0.3) is 0 Å². The van der Waals surface area contributed by atoms with E-state index in [2.05, 4.69) is 17.1 Å². The number of pyridine rings is 1. The molecule has 1 aromatic heterocycles. The van der Waals surface area contributed by atoms with Crippen LogP contribution in [0.4, 0.5) is 13.2 Å². The third-order valence-electron chi connectivity index (χ3n) is 7.18. The molecule has 0 spiro atoms. The van der Waals surface area contributed by atoms with Crippen molar-refractivity contribution in [3.8, 4) is 11.1 Å². The molecule has 39 heavy (non-hydrogen) atoms. The molecule has 0 amide bonds. The van der Waals surface area contributed by atoms with Crippen molar-refractivity contribution in [2.24, 2.45) is 0 Å². The first-order valence-corrected chi connectivity index (χ1v) is 12.8. The Labute approximate surface area is 225 Å². The Morgan fingerprint density at radius 2 is 1.74 bits per heavy atom. The molecule has 0 saturated carbocycles. The number of carboxylic acid groups (broad SMARTS) is 1. The number of carboxylic acids is 1. The molecule has 2 heterocycles. The summed E-state index contributed by atoms with van der Waals surface area (Å²) in [5.41, 5.74) is 1.98. The Morgan fingerprint density at radius 3 is 2.44 bits per heavy atom. The lowest BCUT2D eigenvalue weighted by Gasteiger charge is -2.44. The monoisotopic (exact) mass is 530 g/mol. The first kappa shape index (κ1) is 26.6. The number of benzene rings is 3. The molecular weight excluding hydrogens is 501 g/mol. The van der Waals surface area contributed by atoms with Crippen LogP contribution in [0.3, 0.4) is 0 Å². The fourth-order valence-electron chi connectivity index (χ4n) is 5.49. The van der Waals surface area contributed by atoms with Gasteiger partial charge < -0.3 is 5.11 Å². The number of hydrogen-bond acceptors (Lipinski definition) is 3. The number of alkyl halides is 1. The van der Waals surface area contributed by atoms with Crippen LogP contribution >= 0.6 is 0 Å². The molecule has 0 bridgehead atoms. The minimum absolute atomic E-state index is 0.0156. The highest BCUT2D eigenvalue weighted by molar-refractivity contribution is 5.87. The third kappa shape index (κ3) is 5.59. The zero-order valence-corrected chi connectivity index (χ0v) is 22.0. The molecule has 5 rings (SSSR count). The van der Waals surface area contributed by atoms with Crippen LogP contribution in [-0.4, -0.2) is 39.2 Å². The van der Waals surface area contributed by atoms with Gasteiger partial charge in [0, 0.05) is 42.0 Å². The van der Waals surface area contributed by atoms with Crippen LogP contribution in [0.25, 0.3) is 28.0 Å². The number of aromatic nitrogens is 1. The molecule has 7 heteroatoms. The highest BCUT2D eigenvalue weighted by Gasteiger charge is 2.39. The molecule has 2 atom stereocenters. The van der Waals surface area contributed by atoms with Crippen LogP contribution in [0.5, 0.6) is 0 Å². The Hall–Kier alpha value is -3.97. The van der Waals surface area contributed by atoms with Gasteiger partial charge in [-0.1, -0.05) is 30.3 Å². The van der Waals surface area contributed by atoms with E-state index in [1.54, 1.807) is 6.20 Å². The zero-order chi connectivity index (χ0) is 27.9. The molecular formula is C32H29F3N2O2. The molecule has 200 valence electrons. The van der Waals surface area contributed by atoms with Gasteiger partial charge in [-0.25, -0.2) is 18.0 Å². The van der Waals surface area contributed by atoms with Crippen molar-refractivity contribution in [2.75, 3.05) is 6.54 Å². The summed E-state index contributed by atoms with van der Waals surface area (Å²) in [6.07, 6.45) is 6.12. The van der Waals surface area contributed by atoms with Crippen LogP contribution < -0.4 is 0 Å². The predicted octanol–water partition coefficient (Wildman–Crippen LogP) is 7.36. The van der Waals surface area contributed by atoms with E-state index in [0.717, 1.165) is 57.3 Å². The summed E-state index contributed by atoms with van der Waals surface area (Å²) in [6.45, 7) is 4.84. The molecule has 0 fully saturated rings. The quantitative estimate of drug-likeness (QED) is 0.265. The number of aliphatic carboxylic acids is 1. The molecule has 1 aliphatic heterocycles. The predicted molar refractivity (Wildman–Crippen MR) is 147 cm³/mol. The van der Waals surface area contributed by atoms with Crippen molar-refractivity contribution in [1.82, 2.24) is 9.88 Å². The average molecular weight is 531 g/mol. The lowest BCUT2D eigenvalue weighted by Crippen LogP contribution is -2.48. The summed E-state index contributed by atoms with van der Waals surface area (Å²) in [4.78, 5) is 16.9. The third-order valence-corrected chi connectivity index (χ3v) is 7.18. The molecule has 0 unspecified atom stereocenters. The van der Waals surface area contributed by atoms with Gasteiger partial charge in [0.15, 0.2) is 0 Å². The van der Waals surface area contributed by atoms with Gasteiger partial charge in [-0.15, -0.1) is 0 Å². The normalized spacial score (nSPS) is 18.0. The van der Waals surface area contributed by atoms with Crippen molar-refractivity contribution in [3.05, 3.63) is 107 Å². The van der Waals surface area contributed by atoms with Crippen molar-refractivity contribution >= 4 is 22.8 Å². The van der Waals surface area contributed by atoms with E-state index in [1.807, 2.05) is 48.4 Å². The molecule has 0 saturated heterocycles. The second kappa shape index (κ2) is 10.3. The van der Waals surface area contributed by atoms with E-state index >= 15 is 8.78 Å². The van der Waals surface area contributed by atoms with E-state index in [4.69, 9.17) is 5.11 Å². The van der Waals surface area contributed by atoms with Gasteiger partial charge in [0.2, 0.25) is 0 Å². The lowest BCUT2D eigenvalue weighted by atomic mass is 9.82. The average Bonchev–Trinajstić information content (AvgIpc) is 2.87. The molecule has 4 nitrogen and oxygen atoms in total. The van der Waals surface area contributed by atoms with Crippen LogP contribution in [0.15, 0.2) is 73.1 Å². The Balaban J connectivity index is 1.63. The number of rotatable bonds is 6. The fraction of sp³-hybridized carbons (Fsp3) is 0.250. The zero-order valence-electron chi connectivity index (χ0n) is 22.0. The van der Waals surface area contributed by atoms with E-state index in [0.29, 0.717) is 6.42 Å². The van der Waals surface area contributed by atoms with Gasteiger partial charge in [0.1, 0.15) is 17.3 Å². The van der Waals surface area contributed by atoms with Crippen LogP contribution in [0.1, 0.15) is 49.1 Å². The molecule has 0 aliphatic carbocycles. The number of nitrogens with zero attached hydrogens (tertiary/aromatic N) is 2. The minimum atomic E-state index is -1.60. The maximum Gasteiger partial charge on any atom is 0.328 e. The van der Waals surface area contributed by atoms with E-state index < -0.39 is 29.3 Å². The standard InChI is InChI=1S/C32H29F3N2O2/c1-19-12-25-16-22(21-5-6-24-17-36-11-10-23(24)15-21)7-8-26(25)31(37(19)18-32(2,3)35)30-27(33)13-20(14-28(30)34)4-9-29(38)39/h4-11,13-17,19,31H,12,18H2,1-3H3,(H,38,39)/b9-4+/t19-,31+/m1/s1. The van der Waals surface area contributed by atoms with Crippen molar-refractivity contribution in [2.45, 2.75) is 44.9 Å². The summed E-state index contributed by atoms with van der Waals surface area (Å²) in [5.74, 6) is -2.83. The summed E-state index contributed by atoms with van der Waals surface area (Å²) in [5, 5.41) is 11.0. The van der Waals surface area contributed by atoms with E-state index in [1.165, 1.54) is 13.8 Å². The number of carbonyl (C=O) groups is 1. The van der Waals surface area contributed by atoms with Crippen LogP contribution in [0.2, 0.25) is 0 Å². The SMILES string of the molecule is C[C@@H]1Cc2cc(-c3ccc4cnccc4c3)ccc2[C@@H](c2c(F)cc(/C=C/C(=O)O)cc2F)N1CC(C)(C)F. The van der Waals surface area contributed by atoms with Crippen molar-refractivity contribution in [1.29, 1.82) is 0 Å². The van der Waals surface area contributed by atoms with Gasteiger partial charge >= 0.3 is 5.97 Å². The van der Waals surface area contributed by atoms with Gasteiger partial charge in [-0.05, 0) is 90.7 Å². The highest BCUT2D eigenvalue weighted by atomic mass is 19.1. The Bertz CT molecular complexity index is 1570. The Kier molecular flexibility index (Phi) is 7.03. The van der Waals surface area contributed by atoms with E-state index in [-0.39, 0.29) is 23.7 Å².